The van der Waals surface area contributed by atoms with Crippen molar-refractivity contribution >= 4 is 34.1 Å². The van der Waals surface area contributed by atoms with Crippen molar-refractivity contribution in [2.75, 3.05) is 18.6 Å². The fourth-order valence-corrected chi connectivity index (χ4v) is 8.39. The molecule has 0 aromatic heterocycles. The highest BCUT2D eigenvalue weighted by molar-refractivity contribution is 6.39. The number of Topliss-reactive ketones (excluding diaryl/α,β-unsaturated/α-hetero) is 1. The van der Waals surface area contributed by atoms with Crippen LogP contribution in [0, 0.1) is 33.6 Å². The molecule has 52 heavy (non-hydrogen) atoms. The molecule has 3 aliphatic carbocycles. The molecule has 1 saturated carbocycles. The van der Waals surface area contributed by atoms with Gasteiger partial charge in [-0.25, -0.2) is 0 Å². The number of nitrogens with zero attached hydrogens (tertiary/aromatic N) is 2. The number of rotatable bonds is 12. The molecule has 3 aromatic carbocycles. The molecule has 6 rings (SSSR count). The maximum atomic E-state index is 13.7. The van der Waals surface area contributed by atoms with Crippen LogP contribution in [0.4, 0.5) is 17.1 Å². The van der Waals surface area contributed by atoms with E-state index in [1.54, 1.807) is 0 Å². The van der Waals surface area contributed by atoms with Gasteiger partial charge in [-0.2, -0.15) is 4.58 Å². The number of ether oxygens (including phenoxy) is 1. The largest absolute Gasteiger partial charge is 0.506 e. The summed E-state index contributed by atoms with van der Waals surface area (Å²) in [6.07, 6.45) is 17.5. The quantitative estimate of drug-likeness (QED) is 0.151. The van der Waals surface area contributed by atoms with Crippen molar-refractivity contribution in [1.82, 2.24) is 0 Å². The summed E-state index contributed by atoms with van der Waals surface area (Å²) < 4.78 is 8.45. The van der Waals surface area contributed by atoms with E-state index < -0.39 is 0 Å². The lowest BCUT2D eigenvalue weighted by atomic mass is 9.80. The number of carbonyl (C=O) groups is 1. The van der Waals surface area contributed by atoms with Crippen LogP contribution in [-0.4, -0.2) is 47.0 Å². The van der Waals surface area contributed by atoms with E-state index in [4.69, 9.17) is 4.74 Å². The van der Waals surface area contributed by atoms with Gasteiger partial charge in [0.05, 0.1) is 23.3 Å². The number of hydrogen-bond acceptors (Lipinski definition) is 4. The Kier molecular flexibility index (Phi) is 11.8. The SMILES string of the molecule is CCCCC(CC)C[N+](=C1C=CC(=C2C(=O)C(c3ccc(N(c4ccc(C)cc4C)C4CCCCC4OC)cc3)=C2O)C=C1)c1ccc(C)cc1C. The Morgan fingerprint density at radius 3 is 2.13 bits per heavy atom. The minimum Gasteiger partial charge on any atom is -0.506 e. The minimum absolute atomic E-state index is 0.0697. The number of methoxy groups -OCH3 is 1. The molecule has 3 aromatic rings. The topological polar surface area (TPSA) is 52.8 Å². The monoisotopic (exact) mass is 697 g/mol. The molecule has 0 spiro atoms. The molecule has 0 radical (unpaired) electrons. The van der Waals surface area contributed by atoms with Gasteiger partial charge in [-0.3, -0.25) is 4.79 Å². The molecule has 0 aliphatic heterocycles. The molecule has 272 valence electrons. The van der Waals surface area contributed by atoms with Crippen molar-refractivity contribution in [2.45, 2.75) is 105 Å². The molecule has 3 aliphatic rings. The predicted octanol–water partition coefficient (Wildman–Crippen LogP) is 11.3. The van der Waals surface area contributed by atoms with Crippen molar-refractivity contribution in [3.63, 3.8) is 0 Å². The number of hydrogen-bond donors (Lipinski definition) is 1. The lowest BCUT2D eigenvalue weighted by molar-refractivity contribution is -0.449. The number of ketones is 1. The number of carbonyl (C=O) groups excluding carboxylic acids is 1. The van der Waals surface area contributed by atoms with Crippen molar-refractivity contribution in [1.29, 1.82) is 0 Å². The van der Waals surface area contributed by atoms with Crippen molar-refractivity contribution in [2.24, 2.45) is 5.92 Å². The molecule has 0 amide bonds. The lowest BCUT2D eigenvalue weighted by Gasteiger charge is -2.41. The van der Waals surface area contributed by atoms with Gasteiger partial charge in [0.1, 0.15) is 5.76 Å². The zero-order valence-corrected chi connectivity index (χ0v) is 32.3. The smallest absolute Gasteiger partial charge is 0.208 e. The number of aliphatic hydroxyl groups is 1. The highest BCUT2D eigenvalue weighted by Crippen LogP contribution is 2.42. The number of aryl methyl sites for hydroxylation is 4. The zero-order chi connectivity index (χ0) is 36.9. The lowest BCUT2D eigenvalue weighted by Crippen LogP contribution is -2.44. The Morgan fingerprint density at radius 2 is 1.52 bits per heavy atom. The Balaban J connectivity index is 1.30. The first-order valence-corrected chi connectivity index (χ1v) is 19.4. The Labute approximate surface area is 311 Å². The summed E-state index contributed by atoms with van der Waals surface area (Å²) in [7, 11) is 1.82. The first-order valence-electron chi connectivity index (χ1n) is 19.4. The van der Waals surface area contributed by atoms with Gasteiger partial charge in [-0.15, -0.1) is 0 Å². The first-order chi connectivity index (χ1) is 25.1. The van der Waals surface area contributed by atoms with E-state index in [0.717, 1.165) is 48.3 Å². The van der Waals surface area contributed by atoms with E-state index >= 15 is 0 Å². The second-order valence-electron chi connectivity index (χ2n) is 15.1. The number of unbranched alkanes of at least 4 members (excludes halogenated alkanes) is 1. The van der Waals surface area contributed by atoms with Gasteiger partial charge in [-0.1, -0.05) is 81.0 Å². The predicted molar refractivity (Wildman–Crippen MR) is 216 cm³/mol. The van der Waals surface area contributed by atoms with Crippen LogP contribution in [0.2, 0.25) is 0 Å². The average molecular weight is 698 g/mol. The first kappa shape index (κ1) is 37.3. The molecule has 1 fully saturated rings. The standard InChI is InChI=1S/C47H56N2O3/c1-8-10-13-35(9-2)30-48(40-26-16-31(3)28-33(40)5)38-22-18-36(19-23-38)44-46(50)45(47(44)51)37-20-24-39(25-21-37)49(41-27-17-32(4)29-34(41)6)42-14-11-12-15-43(42)52-7/h16-29,35,42-43H,8-15,30H2,1-7H3/p+1. The molecule has 3 atom stereocenters. The third-order valence-electron chi connectivity index (χ3n) is 11.4. The Hall–Kier alpha value is -4.48. The van der Waals surface area contributed by atoms with Crippen molar-refractivity contribution < 1.29 is 19.2 Å². The van der Waals surface area contributed by atoms with Gasteiger partial charge in [0.2, 0.25) is 17.2 Å². The summed E-state index contributed by atoms with van der Waals surface area (Å²) in [5, 5.41) is 11.4. The summed E-state index contributed by atoms with van der Waals surface area (Å²) in [5.41, 5.74) is 11.8. The minimum atomic E-state index is -0.118. The maximum absolute atomic E-state index is 13.7. The van der Waals surface area contributed by atoms with Gasteiger partial charge in [-0.05, 0) is 106 Å². The van der Waals surface area contributed by atoms with Crippen LogP contribution in [0.3, 0.4) is 0 Å². The molecule has 0 heterocycles. The van der Waals surface area contributed by atoms with Gasteiger partial charge in [0.15, 0.2) is 6.54 Å². The van der Waals surface area contributed by atoms with E-state index in [0.29, 0.717) is 17.1 Å². The molecule has 3 unspecified atom stereocenters. The van der Waals surface area contributed by atoms with Crippen LogP contribution >= 0.6 is 0 Å². The fourth-order valence-electron chi connectivity index (χ4n) is 8.39. The second kappa shape index (κ2) is 16.5. The summed E-state index contributed by atoms with van der Waals surface area (Å²) in [6.45, 7) is 14.1. The van der Waals surface area contributed by atoms with Crippen LogP contribution in [0.5, 0.6) is 0 Å². The number of aliphatic hydroxyl groups excluding tert-OH is 1. The third kappa shape index (κ3) is 7.66. The summed E-state index contributed by atoms with van der Waals surface area (Å²) in [5.74, 6) is 0.536. The molecule has 1 N–H and O–H groups in total. The summed E-state index contributed by atoms with van der Waals surface area (Å²) in [4.78, 5) is 16.2. The molecule has 0 bridgehead atoms. The van der Waals surface area contributed by atoms with Gasteiger partial charge >= 0.3 is 0 Å². The van der Waals surface area contributed by atoms with Crippen LogP contribution in [-0.2, 0) is 9.53 Å². The maximum Gasteiger partial charge on any atom is 0.208 e. The van der Waals surface area contributed by atoms with E-state index in [2.05, 4.69) is 112 Å². The third-order valence-corrected chi connectivity index (χ3v) is 11.4. The van der Waals surface area contributed by atoms with E-state index in [1.807, 2.05) is 31.4 Å². The van der Waals surface area contributed by atoms with E-state index in [1.165, 1.54) is 65.7 Å². The van der Waals surface area contributed by atoms with Gasteiger partial charge < -0.3 is 14.7 Å². The van der Waals surface area contributed by atoms with Crippen molar-refractivity contribution in [3.8, 4) is 0 Å². The highest BCUT2D eigenvalue weighted by Gasteiger charge is 2.37. The van der Waals surface area contributed by atoms with Crippen LogP contribution < -0.4 is 4.90 Å². The molecule has 5 nitrogen and oxygen atoms in total. The molecular formula is C47H57N2O3+. The van der Waals surface area contributed by atoms with Crippen LogP contribution in [0.15, 0.2) is 102 Å². The zero-order valence-electron chi connectivity index (χ0n) is 32.3. The van der Waals surface area contributed by atoms with Gasteiger partial charge in [0.25, 0.3) is 0 Å². The fraction of sp³-hybridized carbons (Fsp3) is 0.404. The second-order valence-corrected chi connectivity index (χ2v) is 15.1. The number of benzene rings is 3. The Bertz CT molecular complexity index is 1940. The van der Waals surface area contributed by atoms with Crippen LogP contribution in [0.25, 0.3) is 5.57 Å². The van der Waals surface area contributed by atoms with Crippen molar-refractivity contribution in [3.05, 3.63) is 130 Å². The van der Waals surface area contributed by atoms with E-state index in [-0.39, 0.29) is 23.7 Å². The highest BCUT2D eigenvalue weighted by atomic mass is 16.5. The van der Waals surface area contributed by atoms with Gasteiger partial charge in [0, 0.05) is 48.2 Å². The molecular weight excluding hydrogens is 641 g/mol. The summed E-state index contributed by atoms with van der Waals surface area (Å²) >= 11 is 0. The molecule has 0 saturated heterocycles. The molecule has 5 heteroatoms. The summed E-state index contributed by atoms with van der Waals surface area (Å²) in [6, 6.07) is 21.6. The average Bonchev–Trinajstić information content (AvgIpc) is 3.14. The van der Waals surface area contributed by atoms with E-state index in [9.17, 15) is 9.90 Å². The number of allylic oxidation sites excluding steroid dienone is 7. The number of anilines is 2. The van der Waals surface area contributed by atoms with Crippen LogP contribution in [0.1, 0.15) is 93.0 Å². The normalized spacial score (nSPS) is 19.3. The Morgan fingerprint density at radius 1 is 0.846 bits per heavy atom.